The van der Waals surface area contributed by atoms with Crippen LogP contribution in [0, 0.1) is 5.92 Å². The molecule has 4 heteroatoms. The van der Waals surface area contributed by atoms with Gasteiger partial charge in [0.25, 0.3) is 0 Å². The molecule has 4 nitrogen and oxygen atoms in total. The van der Waals surface area contributed by atoms with E-state index < -0.39 is 0 Å². The molecule has 0 atom stereocenters. The Labute approximate surface area is 123 Å². The molecule has 1 N–H and O–H groups in total. The van der Waals surface area contributed by atoms with Crippen LogP contribution in [0.4, 0.5) is 5.95 Å². The first kappa shape index (κ1) is 15.2. The average Bonchev–Trinajstić information content (AvgIpc) is 2.53. The minimum Gasteiger partial charge on any atom is -0.341 e. The molecule has 0 amide bonds. The highest BCUT2D eigenvalue weighted by molar-refractivity contribution is 5.30. The van der Waals surface area contributed by atoms with Gasteiger partial charge in [-0.2, -0.15) is 0 Å². The summed E-state index contributed by atoms with van der Waals surface area (Å²) in [6.07, 6.45) is 10.5. The van der Waals surface area contributed by atoms with Crippen molar-refractivity contribution < 1.29 is 0 Å². The molecule has 0 radical (unpaired) electrons. The second kappa shape index (κ2) is 7.58. The summed E-state index contributed by atoms with van der Waals surface area (Å²) >= 11 is 0. The zero-order valence-corrected chi connectivity index (χ0v) is 13.1. The van der Waals surface area contributed by atoms with Gasteiger partial charge >= 0.3 is 0 Å². The SMILES string of the molecule is CCNCc1cnc(N(C)C2CCC(CC)CC2)nc1. The summed E-state index contributed by atoms with van der Waals surface area (Å²) in [6.45, 7) is 6.24. The Balaban J connectivity index is 1.90. The number of aromatic nitrogens is 2. The highest BCUT2D eigenvalue weighted by Crippen LogP contribution is 2.30. The van der Waals surface area contributed by atoms with E-state index in [0.29, 0.717) is 6.04 Å². The summed E-state index contributed by atoms with van der Waals surface area (Å²) in [6, 6.07) is 0.609. The van der Waals surface area contributed by atoms with Crippen molar-refractivity contribution in [2.45, 2.75) is 58.5 Å². The number of anilines is 1. The fraction of sp³-hybridized carbons (Fsp3) is 0.750. The smallest absolute Gasteiger partial charge is 0.225 e. The lowest BCUT2D eigenvalue weighted by molar-refractivity contribution is 0.312. The molecule has 1 heterocycles. The third kappa shape index (κ3) is 3.92. The average molecular weight is 276 g/mol. The molecule has 0 aliphatic heterocycles. The van der Waals surface area contributed by atoms with Gasteiger partial charge in [0.05, 0.1) is 0 Å². The maximum absolute atomic E-state index is 4.52. The molecule has 0 unspecified atom stereocenters. The zero-order chi connectivity index (χ0) is 14.4. The third-order valence-corrected chi connectivity index (χ3v) is 4.53. The number of nitrogens with zero attached hydrogens (tertiary/aromatic N) is 3. The van der Waals surface area contributed by atoms with Crippen molar-refractivity contribution in [2.75, 3.05) is 18.5 Å². The van der Waals surface area contributed by atoms with E-state index in [1.54, 1.807) is 0 Å². The van der Waals surface area contributed by atoms with E-state index in [2.05, 4.69) is 41.1 Å². The van der Waals surface area contributed by atoms with Gasteiger partial charge in [-0.05, 0) is 38.1 Å². The van der Waals surface area contributed by atoms with Gasteiger partial charge in [0.2, 0.25) is 5.95 Å². The van der Waals surface area contributed by atoms with Gasteiger partial charge in [-0.3, -0.25) is 0 Å². The third-order valence-electron chi connectivity index (χ3n) is 4.53. The molecule has 0 spiro atoms. The summed E-state index contributed by atoms with van der Waals surface area (Å²) < 4.78 is 0. The van der Waals surface area contributed by atoms with Gasteiger partial charge in [-0.15, -0.1) is 0 Å². The second-order valence-corrected chi connectivity index (χ2v) is 5.87. The minimum atomic E-state index is 0.609. The predicted octanol–water partition coefficient (Wildman–Crippen LogP) is 2.99. The lowest BCUT2D eigenvalue weighted by Gasteiger charge is -2.34. The number of hydrogen-bond donors (Lipinski definition) is 1. The highest BCUT2D eigenvalue weighted by Gasteiger charge is 2.24. The van der Waals surface area contributed by atoms with Crippen LogP contribution in [0.5, 0.6) is 0 Å². The minimum absolute atomic E-state index is 0.609. The molecule has 2 rings (SSSR count). The second-order valence-electron chi connectivity index (χ2n) is 5.87. The maximum atomic E-state index is 4.52. The van der Waals surface area contributed by atoms with Gasteiger partial charge in [0, 0.05) is 37.6 Å². The van der Waals surface area contributed by atoms with Gasteiger partial charge in [-0.1, -0.05) is 20.3 Å². The summed E-state index contributed by atoms with van der Waals surface area (Å²) in [4.78, 5) is 11.3. The molecular weight excluding hydrogens is 248 g/mol. The van der Waals surface area contributed by atoms with Gasteiger partial charge in [0.1, 0.15) is 0 Å². The van der Waals surface area contributed by atoms with E-state index in [1.807, 2.05) is 12.4 Å². The van der Waals surface area contributed by atoms with Crippen LogP contribution in [-0.4, -0.2) is 29.6 Å². The summed E-state index contributed by atoms with van der Waals surface area (Å²) in [5.74, 6) is 1.80. The first-order valence-corrected chi connectivity index (χ1v) is 7.99. The topological polar surface area (TPSA) is 41.1 Å². The molecule has 1 saturated carbocycles. The molecule has 20 heavy (non-hydrogen) atoms. The lowest BCUT2D eigenvalue weighted by Crippen LogP contribution is -2.36. The molecular formula is C16H28N4. The molecule has 0 saturated heterocycles. The summed E-state index contributed by atoms with van der Waals surface area (Å²) in [5, 5.41) is 3.29. The molecule has 1 aliphatic carbocycles. The quantitative estimate of drug-likeness (QED) is 0.867. The van der Waals surface area contributed by atoms with Crippen LogP contribution in [0.15, 0.2) is 12.4 Å². The Kier molecular flexibility index (Phi) is 5.77. The number of rotatable bonds is 6. The van der Waals surface area contributed by atoms with E-state index in [-0.39, 0.29) is 0 Å². The number of nitrogens with one attached hydrogen (secondary N) is 1. The van der Waals surface area contributed by atoms with Crippen molar-refractivity contribution in [3.63, 3.8) is 0 Å². The fourth-order valence-corrected chi connectivity index (χ4v) is 2.99. The van der Waals surface area contributed by atoms with E-state index in [1.165, 1.54) is 32.1 Å². The molecule has 112 valence electrons. The largest absolute Gasteiger partial charge is 0.341 e. The van der Waals surface area contributed by atoms with Crippen molar-refractivity contribution in [2.24, 2.45) is 5.92 Å². The fourth-order valence-electron chi connectivity index (χ4n) is 2.99. The first-order chi connectivity index (χ1) is 9.74. The van der Waals surface area contributed by atoms with Crippen LogP contribution in [0.3, 0.4) is 0 Å². The molecule has 0 aromatic carbocycles. The summed E-state index contributed by atoms with van der Waals surface area (Å²) in [5.41, 5.74) is 1.15. The standard InChI is InChI=1S/C16H28N4/c1-4-13-6-8-15(9-7-13)20(3)16-18-11-14(12-19-16)10-17-5-2/h11-13,15,17H,4-10H2,1-3H3. The van der Waals surface area contributed by atoms with Gasteiger partial charge < -0.3 is 10.2 Å². The van der Waals surface area contributed by atoms with Crippen LogP contribution in [0.25, 0.3) is 0 Å². The Hall–Kier alpha value is -1.16. The van der Waals surface area contributed by atoms with E-state index in [0.717, 1.165) is 30.5 Å². The molecule has 1 aromatic heterocycles. The van der Waals surface area contributed by atoms with Gasteiger partial charge in [-0.25, -0.2) is 9.97 Å². The molecule has 1 aromatic rings. The Morgan fingerprint density at radius 3 is 2.35 bits per heavy atom. The van der Waals surface area contributed by atoms with Crippen LogP contribution in [-0.2, 0) is 6.54 Å². The molecule has 0 bridgehead atoms. The van der Waals surface area contributed by atoms with E-state index in [4.69, 9.17) is 0 Å². The van der Waals surface area contributed by atoms with Crippen LogP contribution in [0.2, 0.25) is 0 Å². The van der Waals surface area contributed by atoms with Gasteiger partial charge in [0.15, 0.2) is 0 Å². The predicted molar refractivity (Wildman–Crippen MR) is 83.9 cm³/mol. The first-order valence-electron chi connectivity index (χ1n) is 7.99. The van der Waals surface area contributed by atoms with Crippen LogP contribution in [0.1, 0.15) is 51.5 Å². The van der Waals surface area contributed by atoms with Crippen molar-refractivity contribution in [1.29, 1.82) is 0 Å². The molecule has 1 aliphatic rings. The van der Waals surface area contributed by atoms with E-state index >= 15 is 0 Å². The normalized spacial score (nSPS) is 22.8. The number of hydrogen-bond acceptors (Lipinski definition) is 4. The van der Waals surface area contributed by atoms with Crippen molar-refractivity contribution in [1.82, 2.24) is 15.3 Å². The highest BCUT2D eigenvalue weighted by atomic mass is 15.2. The zero-order valence-electron chi connectivity index (χ0n) is 13.1. The van der Waals surface area contributed by atoms with E-state index in [9.17, 15) is 0 Å². The van der Waals surface area contributed by atoms with Crippen molar-refractivity contribution in [3.8, 4) is 0 Å². The van der Waals surface area contributed by atoms with Crippen molar-refractivity contribution >= 4 is 5.95 Å². The molecule has 1 fully saturated rings. The Bertz CT molecular complexity index is 382. The monoisotopic (exact) mass is 276 g/mol. The van der Waals surface area contributed by atoms with Crippen LogP contribution < -0.4 is 10.2 Å². The van der Waals surface area contributed by atoms with Crippen molar-refractivity contribution in [3.05, 3.63) is 18.0 Å². The summed E-state index contributed by atoms with van der Waals surface area (Å²) in [7, 11) is 2.14. The Morgan fingerprint density at radius 2 is 1.80 bits per heavy atom. The Morgan fingerprint density at radius 1 is 1.15 bits per heavy atom. The lowest BCUT2D eigenvalue weighted by atomic mass is 9.84. The van der Waals surface area contributed by atoms with Crippen LogP contribution >= 0.6 is 0 Å². The maximum Gasteiger partial charge on any atom is 0.225 e.